The van der Waals surface area contributed by atoms with Crippen LogP contribution in [0.4, 0.5) is 0 Å². The van der Waals surface area contributed by atoms with Crippen molar-refractivity contribution in [2.45, 2.75) is 19.4 Å². The van der Waals surface area contributed by atoms with E-state index in [2.05, 4.69) is 17.0 Å². The third kappa shape index (κ3) is 3.65. The first kappa shape index (κ1) is 15.6. The minimum atomic E-state index is -0.473. The standard InChI is InChI=1S/C15H19NO4S/c1-4-7-16-14(13-8-10(18-2)9-21-13)11-5-6-12(20-11)15(17)19-3/h5-6,8-9,14,16H,4,7H2,1-3H3. The first-order valence-corrected chi connectivity index (χ1v) is 7.61. The van der Waals surface area contributed by atoms with Gasteiger partial charge in [0.2, 0.25) is 5.76 Å². The SMILES string of the molecule is CCCNC(c1ccc(C(=O)OC)o1)c1cc(OC)cs1. The Bertz CT molecular complexity index is 590. The zero-order valence-electron chi connectivity index (χ0n) is 12.3. The fraction of sp³-hybridized carbons (Fsp3) is 0.400. The summed E-state index contributed by atoms with van der Waals surface area (Å²) in [4.78, 5) is 12.6. The smallest absolute Gasteiger partial charge is 0.373 e. The van der Waals surface area contributed by atoms with Gasteiger partial charge in [0.05, 0.1) is 14.2 Å². The first-order valence-electron chi connectivity index (χ1n) is 6.73. The molecule has 0 aliphatic heterocycles. The van der Waals surface area contributed by atoms with E-state index in [9.17, 15) is 4.79 Å². The molecule has 0 bridgehead atoms. The number of methoxy groups -OCH3 is 2. The minimum Gasteiger partial charge on any atom is -0.496 e. The number of esters is 1. The Morgan fingerprint density at radius 3 is 2.86 bits per heavy atom. The average Bonchev–Trinajstić information content (AvgIpc) is 3.16. The summed E-state index contributed by atoms with van der Waals surface area (Å²) >= 11 is 1.59. The Balaban J connectivity index is 2.26. The second-order valence-corrected chi connectivity index (χ2v) is 5.41. The highest BCUT2D eigenvalue weighted by Crippen LogP contribution is 2.32. The van der Waals surface area contributed by atoms with Crippen molar-refractivity contribution >= 4 is 17.3 Å². The summed E-state index contributed by atoms with van der Waals surface area (Å²) in [5.41, 5.74) is 0. The molecule has 2 rings (SSSR count). The van der Waals surface area contributed by atoms with Crippen molar-refractivity contribution in [2.24, 2.45) is 0 Å². The fourth-order valence-corrected chi connectivity index (χ4v) is 2.88. The molecule has 0 spiro atoms. The molecule has 0 saturated heterocycles. The second kappa shape index (κ2) is 7.28. The molecule has 0 amide bonds. The molecule has 5 nitrogen and oxygen atoms in total. The summed E-state index contributed by atoms with van der Waals surface area (Å²) in [5, 5.41) is 5.36. The largest absolute Gasteiger partial charge is 0.496 e. The highest BCUT2D eigenvalue weighted by molar-refractivity contribution is 7.10. The molecule has 114 valence electrons. The fourth-order valence-electron chi connectivity index (χ4n) is 1.94. The Hall–Kier alpha value is -1.79. The molecule has 0 aromatic carbocycles. The van der Waals surface area contributed by atoms with Crippen molar-refractivity contribution in [1.29, 1.82) is 0 Å². The lowest BCUT2D eigenvalue weighted by atomic mass is 10.2. The number of furan rings is 1. The van der Waals surface area contributed by atoms with Gasteiger partial charge in [0, 0.05) is 10.3 Å². The molecule has 1 atom stereocenters. The van der Waals surface area contributed by atoms with Gasteiger partial charge in [-0.1, -0.05) is 6.92 Å². The number of nitrogens with one attached hydrogen (secondary N) is 1. The molecule has 0 saturated carbocycles. The van der Waals surface area contributed by atoms with E-state index in [1.165, 1.54) is 7.11 Å². The number of rotatable bonds is 7. The van der Waals surface area contributed by atoms with Gasteiger partial charge in [0.15, 0.2) is 0 Å². The van der Waals surface area contributed by atoms with E-state index in [0.717, 1.165) is 23.6 Å². The molecular formula is C15H19NO4S. The molecule has 1 unspecified atom stereocenters. The van der Waals surface area contributed by atoms with Crippen LogP contribution in [-0.2, 0) is 4.74 Å². The Morgan fingerprint density at radius 1 is 1.43 bits per heavy atom. The highest BCUT2D eigenvalue weighted by atomic mass is 32.1. The lowest BCUT2D eigenvalue weighted by Gasteiger charge is -2.14. The van der Waals surface area contributed by atoms with Crippen molar-refractivity contribution in [3.63, 3.8) is 0 Å². The van der Waals surface area contributed by atoms with Gasteiger partial charge >= 0.3 is 5.97 Å². The third-order valence-corrected chi connectivity index (χ3v) is 3.99. The van der Waals surface area contributed by atoms with E-state index in [4.69, 9.17) is 9.15 Å². The molecule has 2 aromatic rings. The van der Waals surface area contributed by atoms with Crippen LogP contribution >= 0.6 is 11.3 Å². The predicted molar refractivity (Wildman–Crippen MR) is 81.1 cm³/mol. The van der Waals surface area contributed by atoms with Crippen LogP contribution in [0.15, 0.2) is 28.0 Å². The van der Waals surface area contributed by atoms with E-state index in [1.807, 2.05) is 11.4 Å². The maximum atomic E-state index is 11.5. The van der Waals surface area contributed by atoms with Gasteiger partial charge in [-0.25, -0.2) is 4.79 Å². The van der Waals surface area contributed by atoms with Gasteiger partial charge in [0.1, 0.15) is 17.6 Å². The van der Waals surface area contributed by atoms with Crippen molar-refractivity contribution in [1.82, 2.24) is 5.32 Å². The highest BCUT2D eigenvalue weighted by Gasteiger charge is 2.21. The lowest BCUT2D eigenvalue weighted by molar-refractivity contribution is 0.0562. The van der Waals surface area contributed by atoms with Crippen molar-refractivity contribution in [3.05, 3.63) is 40.0 Å². The van der Waals surface area contributed by atoms with Gasteiger partial charge in [-0.3, -0.25) is 0 Å². The maximum absolute atomic E-state index is 11.5. The number of thiophene rings is 1. The van der Waals surface area contributed by atoms with E-state index in [0.29, 0.717) is 5.76 Å². The summed E-state index contributed by atoms with van der Waals surface area (Å²) in [6, 6.07) is 5.30. The van der Waals surface area contributed by atoms with Crippen LogP contribution in [0.25, 0.3) is 0 Å². The van der Waals surface area contributed by atoms with Crippen LogP contribution in [0.2, 0.25) is 0 Å². The van der Waals surface area contributed by atoms with Crippen LogP contribution in [-0.4, -0.2) is 26.7 Å². The number of hydrogen-bond acceptors (Lipinski definition) is 6. The monoisotopic (exact) mass is 309 g/mol. The summed E-state index contributed by atoms with van der Waals surface area (Å²) in [6.07, 6.45) is 1.00. The number of carbonyl (C=O) groups excluding carboxylic acids is 1. The predicted octanol–water partition coefficient (Wildman–Crippen LogP) is 3.23. The van der Waals surface area contributed by atoms with Gasteiger partial charge in [-0.15, -0.1) is 11.3 Å². The zero-order valence-corrected chi connectivity index (χ0v) is 13.2. The van der Waals surface area contributed by atoms with Gasteiger partial charge < -0.3 is 19.2 Å². The molecule has 0 aliphatic rings. The number of hydrogen-bond donors (Lipinski definition) is 1. The average molecular weight is 309 g/mol. The third-order valence-electron chi connectivity index (χ3n) is 3.01. The van der Waals surface area contributed by atoms with Crippen molar-refractivity contribution < 1.29 is 18.7 Å². The first-order chi connectivity index (χ1) is 10.2. The molecule has 2 heterocycles. The quantitative estimate of drug-likeness (QED) is 0.796. The van der Waals surface area contributed by atoms with E-state index < -0.39 is 5.97 Å². The number of ether oxygens (including phenoxy) is 2. The Morgan fingerprint density at radius 2 is 2.24 bits per heavy atom. The molecule has 21 heavy (non-hydrogen) atoms. The zero-order chi connectivity index (χ0) is 15.2. The van der Waals surface area contributed by atoms with Gasteiger partial charge in [0.25, 0.3) is 0 Å². The summed E-state index contributed by atoms with van der Waals surface area (Å²) in [6.45, 7) is 2.94. The molecular weight excluding hydrogens is 290 g/mol. The van der Waals surface area contributed by atoms with E-state index >= 15 is 0 Å². The minimum absolute atomic E-state index is 0.0998. The maximum Gasteiger partial charge on any atom is 0.373 e. The molecule has 6 heteroatoms. The van der Waals surface area contributed by atoms with E-state index in [1.54, 1.807) is 30.6 Å². The second-order valence-electron chi connectivity index (χ2n) is 4.47. The van der Waals surface area contributed by atoms with Crippen LogP contribution in [0.5, 0.6) is 5.75 Å². The summed E-state index contributed by atoms with van der Waals surface area (Å²) in [5.74, 6) is 1.24. The topological polar surface area (TPSA) is 60.7 Å². The summed E-state index contributed by atoms with van der Waals surface area (Å²) < 4.78 is 15.5. The number of carbonyl (C=O) groups is 1. The molecule has 1 N–H and O–H groups in total. The van der Waals surface area contributed by atoms with Crippen molar-refractivity contribution in [3.8, 4) is 5.75 Å². The molecule has 0 fully saturated rings. The van der Waals surface area contributed by atoms with E-state index in [-0.39, 0.29) is 11.8 Å². The Kier molecular flexibility index (Phi) is 5.41. The van der Waals surface area contributed by atoms with Crippen LogP contribution in [0.1, 0.15) is 40.6 Å². The van der Waals surface area contributed by atoms with Crippen molar-refractivity contribution in [2.75, 3.05) is 20.8 Å². The van der Waals surface area contributed by atoms with Crippen LogP contribution in [0, 0.1) is 0 Å². The summed E-state index contributed by atoms with van der Waals surface area (Å²) in [7, 11) is 2.98. The van der Waals surface area contributed by atoms with Crippen LogP contribution in [0.3, 0.4) is 0 Å². The van der Waals surface area contributed by atoms with Gasteiger partial charge in [-0.2, -0.15) is 0 Å². The lowest BCUT2D eigenvalue weighted by Crippen LogP contribution is -2.22. The molecule has 0 radical (unpaired) electrons. The van der Waals surface area contributed by atoms with Crippen LogP contribution < -0.4 is 10.1 Å². The molecule has 2 aromatic heterocycles. The molecule has 0 aliphatic carbocycles. The Labute approximate surface area is 127 Å². The van der Waals surface area contributed by atoms with Gasteiger partial charge in [-0.05, 0) is 31.2 Å². The normalized spacial score (nSPS) is 12.1.